The zero-order valence-corrected chi connectivity index (χ0v) is 15.4. The van der Waals surface area contributed by atoms with Gasteiger partial charge in [-0.15, -0.1) is 0 Å². The Kier molecular flexibility index (Phi) is 5.00. The number of hydrogen-bond donors (Lipinski definition) is 1. The number of alkyl halides is 3. The SMILES string of the molecule is CC1CN(C(=O)O)CCN1c1cnc2ccc(OS(=O)(=O)C(F)(F)F)cc2c1. The van der Waals surface area contributed by atoms with Gasteiger partial charge in [-0.05, 0) is 31.2 Å². The largest absolute Gasteiger partial charge is 0.534 e. The van der Waals surface area contributed by atoms with Crippen LogP contribution in [0.3, 0.4) is 0 Å². The standard InChI is InChI=1S/C16H16F3N3O5S/c1-10-9-21(15(23)24)4-5-22(10)12-6-11-7-13(2-3-14(11)20-8-12)27-28(25,26)16(17,18)19/h2-3,6-8,10H,4-5,9H2,1H3,(H,23,24). The number of aromatic nitrogens is 1. The second-order valence-electron chi connectivity index (χ2n) is 6.30. The van der Waals surface area contributed by atoms with Gasteiger partial charge in [-0.1, -0.05) is 0 Å². The molecule has 0 bridgehead atoms. The molecule has 3 rings (SSSR count). The second kappa shape index (κ2) is 7.00. The second-order valence-corrected chi connectivity index (χ2v) is 7.84. The lowest BCUT2D eigenvalue weighted by molar-refractivity contribution is -0.0500. The molecule has 0 spiro atoms. The highest BCUT2D eigenvalue weighted by atomic mass is 32.2. The van der Waals surface area contributed by atoms with E-state index in [0.717, 1.165) is 12.1 Å². The molecular weight excluding hydrogens is 403 g/mol. The van der Waals surface area contributed by atoms with E-state index in [4.69, 9.17) is 5.11 Å². The maximum absolute atomic E-state index is 12.5. The molecule has 2 aromatic rings. The number of rotatable bonds is 3. The molecule has 0 aliphatic carbocycles. The molecule has 0 saturated carbocycles. The van der Waals surface area contributed by atoms with E-state index < -0.39 is 27.5 Å². The lowest BCUT2D eigenvalue weighted by Crippen LogP contribution is -2.53. The summed E-state index contributed by atoms with van der Waals surface area (Å²) in [5, 5.41) is 9.48. The normalized spacial score (nSPS) is 18.4. The summed E-state index contributed by atoms with van der Waals surface area (Å²) in [7, 11) is -5.77. The van der Waals surface area contributed by atoms with Gasteiger partial charge in [-0.25, -0.2) is 4.79 Å². The van der Waals surface area contributed by atoms with E-state index in [1.54, 1.807) is 12.3 Å². The predicted octanol–water partition coefficient (Wildman–Crippen LogP) is 2.65. The molecule has 1 aromatic carbocycles. The minimum absolute atomic E-state index is 0.144. The summed E-state index contributed by atoms with van der Waals surface area (Å²) in [5.74, 6) is -0.479. The molecule has 1 saturated heterocycles. The van der Waals surface area contributed by atoms with Gasteiger partial charge in [0.25, 0.3) is 0 Å². The number of piperazine rings is 1. The Labute approximate surface area is 158 Å². The number of halogens is 3. The number of hydrogen-bond acceptors (Lipinski definition) is 6. The minimum Gasteiger partial charge on any atom is -0.465 e. The summed E-state index contributed by atoms with van der Waals surface area (Å²) in [6, 6.07) is 5.10. The Morgan fingerprint density at radius 2 is 2.00 bits per heavy atom. The first-order valence-electron chi connectivity index (χ1n) is 8.13. The van der Waals surface area contributed by atoms with Crippen LogP contribution in [0, 0.1) is 0 Å². The van der Waals surface area contributed by atoms with Crippen LogP contribution < -0.4 is 9.08 Å². The highest BCUT2D eigenvalue weighted by Crippen LogP contribution is 2.30. The number of amides is 1. The quantitative estimate of drug-likeness (QED) is 0.603. The van der Waals surface area contributed by atoms with E-state index in [9.17, 15) is 26.4 Å². The van der Waals surface area contributed by atoms with Crippen LogP contribution in [0.1, 0.15) is 6.92 Å². The smallest absolute Gasteiger partial charge is 0.465 e. The molecule has 1 atom stereocenters. The number of fused-ring (bicyclic) bond motifs is 1. The molecule has 8 nitrogen and oxygen atoms in total. The third kappa shape index (κ3) is 3.91. The molecule has 28 heavy (non-hydrogen) atoms. The number of carbonyl (C=O) groups is 1. The molecule has 1 unspecified atom stereocenters. The van der Waals surface area contributed by atoms with Gasteiger partial charge >= 0.3 is 21.7 Å². The molecule has 1 aliphatic rings. The third-order valence-corrected chi connectivity index (χ3v) is 5.34. The van der Waals surface area contributed by atoms with Gasteiger partial charge in [-0.3, -0.25) is 4.98 Å². The van der Waals surface area contributed by atoms with Crippen molar-refractivity contribution in [1.82, 2.24) is 9.88 Å². The maximum Gasteiger partial charge on any atom is 0.534 e. The van der Waals surface area contributed by atoms with Crippen molar-refractivity contribution in [1.29, 1.82) is 0 Å². The predicted molar refractivity (Wildman–Crippen MR) is 93.8 cm³/mol. The average Bonchev–Trinajstić information content (AvgIpc) is 2.59. The molecule has 2 heterocycles. The molecule has 1 aliphatic heterocycles. The number of pyridine rings is 1. The van der Waals surface area contributed by atoms with Gasteiger partial charge in [0.05, 0.1) is 17.4 Å². The third-order valence-electron chi connectivity index (χ3n) is 4.36. The van der Waals surface area contributed by atoms with Crippen molar-refractivity contribution < 1.29 is 35.7 Å². The molecular formula is C16H16F3N3O5S. The van der Waals surface area contributed by atoms with E-state index in [1.165, 1.54) is 11.0 Å². The lowest BCUT2D eigenvalue weighted by atomic mass is 10.1. The molecule has 12 heteroatoms. The van der Waals surface area contributed by atoms with E-state index in [0.29, 0.717) is 36.2 Å². The Bertz CT molecular complexity index is 1010. The van der Waals surface area contributed by atoms with Crippen molar-refractivity contribution in [2.75, 3.05) is 24.5 Å². The van der Waals surface area contributed by atoms with Crippen molar-refractivity contribution in [3.63, 3.8) is 0 Å². The van der Waals surface area contributed by atoms with Crippen molar-refractivity contribution in [3.05, 3.63) is 30.5 Å². The van der Waals surface area contributed by atoms with Crippen LogP contribution in [-0.4, -0.2) is 60.7 Å². The Morgan fingerprint density at radius 1 is 1.29 bits per heavy atom. The highest BCUT2D eigenvalue weighted by Gasteiger charge is 2.48. The average molecular weight is 419 g/mol. The van der Waals surface area contributed by atoms with Crippen molar-refractivity contribution >= 4 is 32.8 Å². The number of nitrogens with zero attached hydrogens (tertiary/aromatic N) is 3. The molecule has 1 fully saturated rings. The Hall–Kier alpha value is -2.76. The van der Waals surface area contributed by atoms with Crippen LogP contribution >= 0.6 is 0 Å². The Balaban J connectivity index is 1.88. The van der Waals surface area contributed by atoms with Gasteiger partial charge < -0.3 is 19.1 Å². The summed E-state index contributed by atoms with van der Waals surface area (Å²) in [4.78, 5) is 18.5. The van der Waals surface area contributed by atoms with E-state index in [-0.39, 0.29) is 6.04 Å². The molecule has 1 aromatic heterocycles. The molecule has 0 radical (unpaired) electrons. The van der Waals surface area contributed by atoms with Gasteiger partial charge in [0.1, 0.15) is 5.75 Å². The van der Waals surface area contributed by atoms with E-state index >= 15 is 0 Å². The topological polar surface area (TPSA) is 100 Å². The van der Waals surface area contributed by atoms with Crippen molar-refractivity contribution in [3.8, 4) is 5.75 Å². The van der Waals surface area contributed by atoms with Crippen LogP contribution in [0.15, 0.2) is 30.5 Å². The first-order chi connectivity index (χ1) is 13.0. The fourth-order valence-electron chi connectivity index (χ4n) is 3.00. The first kappa shape index (κ1) is 20.0. The lowest BCUT2D eigenvalue weighted by Gasteiger charge is -2.40. The molecule has 1 amide bonds. The zero-order chi connectivity index (χ0) is 20.7. The Morgan fingerprint density at radius 3 is 2.61 bits per heavy atom. The van der Waals surface area contributed by atoms with Crippen LogP contribution in [0.4, 0.5) is 23.7 Å². The van der Waals surface area contributed by atoms with Crippen LogP contribution in [-0.2, 0) is 10.1 Å². The number of benzene rings is 1. The summed E-state index contributed by atoms with van der Waals surface area (Å²) in [6.45, 7) is 2.85. The number of anilines is 1. The zero-order valence-electron chi connectivity index (χ0n) is 14.5. The molecule has 152 valence electrons. The van der Waals surface area contributed by atoms with Crippen LogP contribution in [0.5, 0.6) is 5.75 Å². The summed E-state index contributed by atoms with van der Waals surface area (Å²) in [6.07, 6.45) is 0.568. The summed E-state index contributed by atoms with van der Waals surface area (Å²) in [5.41, 5.74) is -4.44. The minimum atomic E-state index is -5.77. The summed E-state index contributed by atoms with van der Waals surface area (Å²) < 4.78 is 64.0. The van der Waals surface area contributed by atoms with Gasteiger partial charge in [0, 0.05) is 31.1 Å². The van der Waals surface area contributed by atoms with Gasteiger partial charge in [0.15, 0.2) is 0 Å². The fraction of sp³-hybridized carbons (Fsp3) is 0.375. The van der Waals surface area contributed by atoms with Crippen LogP contribution in [0.2, 0.25) is 0 Å². The van der Waals surface area contributed by atoms with Gasteiger partial charge in [0.2, 0.25) is 0 Å². The molecule has 1 N–H and O–H groups in total. The fourth-order valence-corrected chi connectivity index (χ4v) is 3.45. The van der Waals surface area contributed by atoms with Crippen molar-refractivity contribution in [2.45, 2.75) is 18.5 Å². The number of carboxylic acid groups (broad SMARTS) is 1. The first-order valence-corrected chi connectivity index (χ1v) is 9.54. The van der Waals surface area contributed by atoms with E-state index in [1.807, 2.05) is 11.8 Å². The van der Waals surface area contributed by atoms with Gasteiger partial charge in [-0.2, -0.15) is 21.6 Å². The maximum atomic E-state index is 12.5. The highest BCUT2D eigenvalue weighted by molar-refractivity contribution is 7.88. The van der Waals surface area contributed by atoms with E-state index in [2.05, 4.69) is 9.17 Å². The monoisotopic (exact) mass is 419 g/mol. The van der Waals surface area contributed by atoms with Crippen molar-refractivity contribution in [2.24, 2.45) is 0 Å². The summed E-state index contributed by atoms with van der Waals surface area (Å²) >= 11 is 0. The van der Waals surface area contributed by atoms with Crippen LogP contribution in [0.25, 0.3) is 10.9 Å².